The van der Waals surface area contributed by atoms with Crippen LogP contribution in [-0.2, 0) is 9.53 Å². The molecule has 2 aliphatic carbocycles. The molecular weight excluding hydrogens is 260 g/mol. The third kappa shape index (κ3) is 3.41. The van der Waals surface area contributed by atoms with Crippen molar-refractivity contribution in [2.24, 2.45) is 23.2 Å². The van der Waals surface area contributed by atoms with Gasteiger partial charge in [0.2, 0.25) is 0 Å². The Morgan fingerprint density at radius 1 is 1.48 bits per heavy atom. The Morgan fingerprint density at radius 3 is 2.76 bits per heavy atom. The molecule has 2 bridgehead atoms. The monoisotopic (exact) mass is 290 g/mol. The first-order valence-electron chi connectivity index (χ1n) is 8.36. The van der Waals surface area contributed by atoms with Gasteiger partial charge in [0.25, 0.3) is 0 Å². The summed E-state index contributed by atoms with van der Waals surface area (Å²) in [6, 6.07) is 0. The fourth-order valence-electron chi connectivity index (χ4n) is 4.00. The van der Waals surface area contributed by atoms with E-state index in [-0.39, 0.29) is 11.9 Å². The molecule has 0 aliphatic heterocycles. The van der Waals surface area contributed by atoms with Gasteiger partial charge < -0.3 is 4.74 Å². The number of carbonyl (C=O) groups excluding carboxylic acids is 1. The summed E-state index contributed by atoms with van der Waals surface area (Å²) in [5.41, 5.74) is 2.99. The van der Waals surface area contributed by atoms with Gasteiger partial charge in [0.05, 0.1) is 5.92 Å². The molecule has 3 atom stereocenters. The van der Waals surface area contributed by atoms with Gasteiger partial charge in [-0.3, -0.25) is 4.79 Å². The Balaban J connectivity index is 1.79. The van der Waals surface area contributed by atoms with Crippen LogP contribution in [0.25, 0.3) is 0 Å². The van der Waals surface area contributed by atoms with Gasteiger partial charge in [-0.15, -0.1) is 0 Å². The molecule has 2 aliphatic rings. The minimum Gasteiger partial charge on any atom is -0.461 e. The summed E-state index contributed by atoms with van der Waals surface area (Å²) < 4.78 is 5.26. The lowest BCUT2D eigenvalue weighted by Crippen LogP contribution is -2.26. The number of fused-ring (bicyclic) bond motifs is 2. The Labute approximate surface area is 129 Å². The first kappa shape index (κ1) is 16.3. The van der Waals surface area contributed by atoms with Gasteiger partial charge in [0.1, 0.15) is 6.61 Å². The molecule has 0 aromatic carbocycles. The molecule has 3 unspecified atom stereocenters. The number of hydrogen-bond acceptors (Lipinski definition) is 2. The third-order valence-electron chi connectivity index (χ3n) is 5.63. The van der Waals surface area contributed by atoms with Gasteiger partial charge in [0, 0.05) is 0 Å². The molecule has 2 nitrogen and oxygen atoms in total. The molecule has 0 aromatic rings. The summed E-state index contributed by atoms with van der Waals surface area (Å²) in [5, 5.41) is 0. The van der Waals surface area contributed by atoms with Crippen LogP contribution in [0.4, 0.5) is 0 Å². The lowest BCUT2D eigenvalue weighted by Gasteiger charge is -2.36. The average Bonchev–Trinajstić information content (AvgIpc) is 3.00. The Bertz CT molecular complexity index is 446. The minimum atomic E-state index is -0.115. The van der Waals surface area contributed by atoms with Gasteiger partial charge in [0.15, 0.2) is 0 Å². The van der Waals surface area contributed by atoms with Crippen molar-refractivity contribution < 1.29 is 9.53 Å². The summed E-state index contributed by atoms with van der Waals surface area (Å²) in [7, 11) is 0. The van der Waals surface area contributed by atoms with Crippen molar-refractivity contribution in [2.45, 2.75) is 59.8 Å². The van der Waals surface area contributed by atoms with Crippen LogP contribution in [0.1, 0.15) is 59.8 Å². The molecule has 0 spiro atoms. The first-order chi connectivity index (χ1) is 9.84. The van der Waals surface area contributed by atoms with Gasteiger partial charge in [-0.1, -0.05) is 39.0 Å². The van der Waals surface area contributed by atoms with Gasteiger partial charge >= 0.3 is 5.97 Å². The van der Waals surface area contributed by atoms with Crippen LogP contribution in [0.5, 0.6) is 0 Å². The van der Waals surface area contributed by atoms with E-state index in [0.717, 1.165) is 23.8 Å². The van der Waals surface area contributed by atoms with Crippen LogP contribution in [0.15, 0.2) is 23.8 Å². The van der Waals surface area contributed by atoms with Crippen LogP contribution in [0, 0.1) is 23.2 Å². The molecule has 2 fully saturated rings. The number of hydrogen-bond donors (Lipinski definition) is 0. The molecule has 0 N–H and O–H groups in total. The summed E-state index contributed by atoms with van der Waals surface area (Å²) >= 11 is 0. The van der Waals surface area contributed by atoms with E-state index in [1.165, 1.54) is 31.3 Å². The zero-order valence-corrected chi connectivity index (χ0v) is 14.1. The minimum absolute atomic E-state index is 0.0472. The van der Waals surface area contributed by atoms with Gasteiger partial charge in [-0.25, -0.2) is 0 Å². The molecular formula is C19H30O2. The SMILES string of the molecule is C=C1C2CCC(C2)C1(C)CCC=C(C)COC(=O)C(C)C. The fraction of sp³-hybridized carbons (Fsp3) is 0.737. The summed E-state index contributed by atoms with van der Waals surface area (Å²) in [6.45, 7) is 13.0. The highest BCUT2D eigenvalue weighted by molar-refractivity contribution is 5.71. The van der Waals surface area contributed by atoms with Crippen molar-refractivity contribution in [2.75, 3.05) is 6.61 Å². The second-order valence-corrected chi connectivity index (χ2v) is 7.50. The maximum absolute atomic E-state index is 11.4. The number of allylic oxidation sites excluding steroid dienone is 2. The number of esters is 1. The molecule has 21 heavy (non-hydrogen) atoms. The quantitative estimate of drug-likeness (QED) is 0.513. The lowest BCUT2D eigenvalue weighted by atomic mass is 9.69. The first-order valence-corrected chi connectivity index (χ1v) is 8.36. The topological polar surface area (TPSA) is 26.3 Å². The summed E-state index contributed by atoms with van der Waals surface area (Å²) in [5.74, 6) is 1.48. The van der Waals surface area contributed by atoms with Crippen LogP contribution in [-0.4, -0.2) is 12.6 Å². The van der Waals surface area contributed by atoms with E-state index in [9.17, 15) is 4.79 Å². The highest BCUT2D eigenvalue weighted by Crippen LogP contribution is 2.60. The van der Waals surface area contributed by atoms with E-state index >= 15 is 0 Å². The second kappa shape index (κ2) is 6.37. The zero-order valence-electron chi connectivity index (χ0n) is 14.1. The molecule has 0 aromatic heterocycles. The molecule has 0 saturated heterocycles. The largest absolute Gasteiger partial charge is 0.461 e. The van der Waals surface area contributed by atoms with Crippen molar-refractivity contribution in [3.8, 4) is 0 Å². The number of carbonyl (C=O) groups is 1. The van der Waals surface area contributed by atoms with Crippen LogP contribution in [0.3, 0.4) is 0 Å². The molecule has 0 heterocycles. The van der Waals surface area contributed by atoms with E-state index in [1.807, 2.05) is 20.8 Å². The maximum atomic E-state index is 11.4. The Kier molecular flexibility index (Phi) is 4.95. The number of rotatable bonds is 6. The summed E-state index contributed by atoms with van der Waals surface area (Å²) in [6.07, 6.45) is 8.59. The van der Waals surface area contributed by atoms with Crippen molar-refractivity contribution in [1.29, 1.82) is 0 Å². The van der Waals surface area contributed by atoms with Crippen molar-refractivity contribution in [1.82, 2.24) is 0 Å². The third-order valence-corrected chi connectivity index (χ3v) is 5.63. The zero-order chi connectivity index (χ0) is 15.6. The van der Waals surface area contributed by atoms with Crippen LogP contribution in [0.2, 0.25) is 0 Å². The van der Waals surface area contributed by atoms with Gasteiger partial charge in [-0.05, 0) is 61.9 Å². The second-order valence-electron chi connectivity index (χ2n) is 7.50. The molecule has 0 radical (unpaired) electrons. The predicted octanol–water partition coefficient (Wildman–Crippen LogP) is 4.90. The number of ether oxygens (including phenoxy) is 1. The molecule has 0 amide bonds. The van der Waals surface area contributed by atoms with Crippen LogP contribution < -0.4 is 0 Å². The fourth-order valence-corrected chi connectivity index (χ4v) is 4.00. The standard InChI is InChI=1S/C19H30O2/c1-13(2)18(20)21-12-14(3)7-6-10-19(5)15(4)16-8-9-17(19)11-16/h7,13,16-17H,4,6,8-12H2,1-3,5H3. The van der Waals surface area contributed by atoms with Gasteiger partial charge in [-0.2, -0.15) is 0 Å². The van der Waals surface area contributed by atoms with Crippen molar-refractivity contribution in [3.05, 3.63) is 23.8 Å². The van der Waals surface area contributed by atoms with E-state index in [1.54, 1.807) is 0 Å². The van der Waals surface area contributed by atoms with E-state index < -0.39 is 0 Å². The Morgan fingerprint density at radius 2 is 2.19 bits per heavy atom. The molecule has 2 rings (SSSR count). The normalized spacial score (nSPS) is 32.0. The van der Waals surface area contributed by atoms with E-state index in [0.29, 0.717) is 12.0 Å². The van der Waals surface area contributed by atoms with E-state index in [4.69, 9.17) is 4.74 Å². The van der Waals surface area contributed by atoms with E-state index in [2.05, 4.69) is 19.6 Å². The predicted molar refractivity (Wildman–Crippen MR) is 86.9 cm³/mol. The highest BCUT2D eigenvalue weighted by atomic mass is 16.5. The van der Waals surface area contributed by atoms with Crippen LogP contribution >= 0.6 is 0 Å². The molecule has 118 valence electrons. The van der Waals surface area contributed by atoms with Crippen molar-refractivity contribution >= 4 is 5.97 Å². The highest BCUT2D eigenvalue weighted by Gasteiger charge is 2.49. The maximum Gasteiger partial charge on any atom is 0.308 e. The Hall–Kier alpha value is -1.05. The smallest absolute Gasteiger partial charge is 0.308 e. The van der Waals surface area contributed by atoms with Crippen molar-refractivity contribution in [3.63, 3.8) is 0 Å². The average molecular weight is 290 g/mol. The molecule has 2 saturated carbocycles. The lowest BCUT2D eigenvalue weighted by molar-refractivity contribution is -0.146. The summed E-state index contributed by atoms with van der Waals surface area (Å²) in [4.78, 5) is 11.4. The molecule has 2 heteroatoms.